The van der Waals surface area contributed by atoms with Gasteiger partial charge < -0.3 is 15.5 Å². The molecule has 1 amide bonds. The van der Waals surface area contributed by atoms with Crippen molar-refractivity contribution >= 4 is 17.8 Å². The SMILES string of the molecule is C=C(C)NC(=O)C1CC(C(=O)O)CCC1C(=O)O. The molecule has 3 N–H and O–H groups in total. The molecule has 0 heterocycles. The van der Waals surface area contributed by atoms with Gasteiger partial charge in [-0.1, -0.05) is 6.58 Å². The molecule has 0 aromatic rings. The Morgan fingerprint density at radius 3 is 2.17 bits per heavy atom. The Kier molecular flexibility index (Phi) is 4.47. The lowest BCUT2D eigenvalue weighted by Gasteiger charge is -2.31. The number of hydrogen-bond donors (Lipinski definition) is 3. The molecule has 18 heavy (non-hydrogen) atoms. The number of hydrogen-bond acceptors (Lipinski definition) is 3. The highest BCUT2D eigenvalue weighted by Crippen LogP contribution is 2.34. The molecule has 1 rings (SSSR count). The highest BCUT2D eigenvalue weighted by molar-refractivity contribution is 5.86. The number of aliphatic carboxylic acids is 2. The summed E-state index contributed by atoms with van der Waals surface area (Å²) in [6.45, 7) is 5.11. The first-order chi connectivity index (χ1) is 8.32. The van der Waals surface area contributed by atoms with Crippen molar-refractivity contribution in [3.8, 4) is 0 Å². The van der Waals surface area contributed by atoms with Crippen LogP contribution in [0.15, 0.2) is 12.3 Å². The van der Waals surface area contributed by atoms with Crippen LogP contribution in [0.2, 0.25) is 0 Å². The standard InChI is InChI=1S/C12H17NO5/c1-6(2)13-10(14)9-5-7(11(15)16)3-4-8(9)12(17)18/h7-9H,1,3-5H2,2H3,(H,13,14)(H,15,16)(H,17,18). The fraction of sp³-hybridized carbons (Fsp3) is 0.583. The third kappa shape index (κ3) is 3.32. The molecule has 1 aliphatic rings. The number of carbonyl (C=O) groups excluding carboxylic acids is 1. The van der Waals surface area contributed by atoms with Crippen LogP contribution in [0.3, 0.4) is 0 Å². The van der Waals surface area contributed by atoms with Crippen LogP contribution in [0.4, 0.5) is 0 Å². The van der Waals surface area contributed by atoms with Gasteiger partial charge >= 0.3 is 11.9 Å². The molecule has 0 spiro atoms. The lowest BCUT2D eigenvalue weighted by molar-refractivity contribution is -0.153. The normalized spacial score (nSPS) is 27.3. The molecule has 0 radical (unpaired) electrons. The third-order valence-electron chi connectivity index (χ3n) is 3.19. The van der Waals surface area contributed by atoms with E-state index in [4.69, 9.17) is 10.2 Å². The van der Waals surface area contributed by atoms with E-state index in [0.717, 1.165) is 0 Å². The summed E-state index contributed by atoms with van der Waals surface area (Å²) in [5, 5.41) is 20.5. The smallest absolute Gasteiger partial charge is 0.307 e. The molecule has 6 heteroatoms. The summed E-state index contributed by atoms with van der Waals surface area (Å²) in [5.74, 6) is -4.77. The van der Waals surface area contributed by atoms with Gasteiger partial charge in [-0.15, -0.1) is 0 Å². The van der Waals surface area contributed by atoms with E-state index in [1.807, 2.05) is 0 Å². The van der Waals surface area contributed by atoms with Crippen LogP contribution >= 0.6 is 0 Å². The van der Waals surface area contributed by atoms with Gasteiger partial charge in [0.1, 0.15) is 0 Å². The Labute approximate surface area is 105 Å². The van der Waals surface area contributed by atoms with E-state index in [2.05, 4.69) is 11.9 Å². The van der Waals surface area contributed by atoms with Gasteiger partial charge in [-0.2, -0.15) is 0 Å². The van der Waals surface area contributed by atoms with Crippen LogP contribution in [0.1, 0.15) is 26.2 Å². The van der Waals surface area contributed by atoms with E-state index in [1.54, 1.807) is 6.92 Å². The average Bonchev–Trinajstić information content (AvgIpc) is 2.26. The third-order valence-corrected chi connectivity index (χ3v) is 3.19. The molecule has 0 aliphatic heterocycles. The Hall–Kier alpha value is -1.85. The van der Waals surface area contributed by atoms with Gasteiger partial charge in [0.05, 0.1) is 17.8 Å². The second kappa shape index (κ2) is 5.66. The molecule has 0 aromatic carbocycles. The minimum atomic E-state index is -1.05. The zero-order chi connectivity index (χ0) is 13.9. The number of allylic oxidation sites excluding steroid dienone is 1. The van der Waals surface area contributed by atoms with Crippen molar-refractivity contribution in [1.82, 2.24) is 5.32 Å². The number of amides is 1. The summed E-state index contributed by atoms with van der Waals surface area (Å²) >= 11 is 0. The van der Waals surface area contributed by atoms with E-state index in [9.17, 15) is 14.4 Å². The second-order valence-electron chi connectivity index (χ2n) is 4.67. The summed E-state index contributed by atoms with van der Waals surface area (Å²) in [6.07, 6.45) is 0.565. The Balaban J connectivity index is 2.84. The highest BCUT2D eigenvalue weighted by Gasteiger charge is 2.41. The first-order valence-electron chi connectivity index (χ1n) is 5.75. The summed E-state index contributed by atoms with van der Waals surface area (Å²) < 4.78 is 0. The maximum atomic E-state index is 11.9. The van der Waals surface area contributed by atoms with Crippen molar-refractivity contribution < 1.29 is 24.6 Å². The molecule has 0 saturated heterocycles. The predicted octanol–water partition coefficient (Wildman–Crippen LogP) is 0.838. The minimum Gasteiger partial charge on any atom is -0.481 e. The lowest BCUT2D eigenvalue weighted by atomic mass is 9.73. The van der Waals surface area contributed by atoms with E-state index >= 15 is 0 Å². The van der Waals surface area contributed by atoms with E-state index in [-0.39, 0.29) is 12.8 Å². The number of rotatable bonds is 4. The first-order valence-corrected chi connectivity index (χ1v) is 5.75. The van der Waals surface area contributed by atoms with E-state index in [0.29, 0.717) is 12.1 Å². The van der Waals surface area contributed by atoms with Crippen molar-refractivity contribution in [2.45, 2.75) is 26.2 Å². The number of carboxylic acid groups (broad SMARTS) is 2. The molecular weight excluding hydrogens is 238 g/mol. The molecule has 3 atom stereocenters. The Bertz CT molecular complexity index is 390. The molecule has 3 unspecified atom stereocenters. The second-order valence-corrected chi connectivity index (χ2v) is 4.67. The summed E-state index contributed by atoms with van der Waals surface area (Å²) in [7, 11) is 0. The Morgan fingerprint density at radius 1 is 1.11 bits per heavy atom. The first kappa shape index (κ1) is 14.2. The van der Waals surface area contributed by atoms with Crippen molar-refractivity contribution in [3.63, 3.8) is 0 Å². The zero-order valence-electron chi connectivity index (χ0n) is 10.2. The van der Waals surface area contributed by atoms with Gasteiger partial charge in [-0.3, -0.25) is 14.4 Å². The van der Waals surface area contributed by atoms with Crippen molar-refractivity contribution in [2.75, 3.05) is 0 Å². The maximum absolute atomic E-state index is 11.9. The van der Waals surface area contributed by atoms with Crippen LogP contribution in [0.25, 0.3) is 0 Å². The monoisotopic (exact) mass is 255 g/mol. The van der Waals surface area contributed by atoms with Gasteiger partial charge in [0.2, 0.25) is 5.91 Å². The van der Waals surface area contributed by atoms with Gasteiger partial charge in [-0.05, 0) is 26.2 Å². The predicted molar refractivity (Wildman–Crippen MR) is 62.5 cm³/mol. The maximum Gasteiger partial charge on any atom is 0.307 e. The number of carboxylic acids is 2. The fourth-order valence-corrected chi connectivity index (χ4v) is 2.28. The summed E-state index contributed by atoms with van der Waals surface area (Å²) in [6, 6.07) is 0. The van der Waals surface area contributed by atoms with Gasteiger partial charge in [-0.25, -0.2) is 0 Å². The fourth-order valence-electron chi connectivity index (χ4n) is 2.28. The molecule has 0 aromatic heterocycles. The largest absolute Gasteiger partial charge is 0.481 e. The van der Waals surface area contributed by atoms with Crippen LogP contribution in [0.5, 0.6) is 0 Å². The summed E-state index contributed by atoms with van der Waals surface area (Å²) in [4.78, 5) is 33.9. The molecule has 6 nitrogen and oxygen atoms in total. The Morgan fingerprint density at radius 2 is 1.72 bits per heavy atom. The zero-order valence-corrected chi connectivity index (χ0v) is 10.2. The summed E-state index contributed by atoms with van der Waals surface area (Å²) in [5.41, 5.74) is 0.418. The molecule has 100 valence electrons. The van der Waals surface area contributed by atoms with Crippen molar-refractivity contribution in [2.24, 2.45) is 17.8 Å². The lowest BCUT2D eigenvalue weighted by Crippen LogP contribution is -2.42. The van der Waals surface area contributed by atoms with Crippen LogP contribution in [-0.4, -0.2) is 28.1 Å². The van der Waals surface area contributed by atoms with Gasteiger partial charge in [0.25, 0.3) is 0 Å². The van der Waals surface area contributed by atoms with Crippen LogP contribution in [0, 0.1) is 17.8 Å². The quantitative estimate of drug-likeness (QED) is 0.690. The van der Waals surface area contributed by atoms with E-state index in [1.165, 1.54) is 0 Å². The molecule has 1 saturated carbocycles. The van der Waals surface area contributed by atoms with E-state index < -0.39 is 35.6 Å². The van der Waals surface area contributed by atoms with Gasteiger partial charge in [0.15, 0.2) is 0 Å². The molecule has 0 bridgehead atoms. The van der Waals surface area contributed by atoms with Crippen LogP contribution < -0.4 is 5.32 Å². The topological polar surface area (TPSA) is 104 Å². The molecule has 1 aliphatic carbocycles. The minimum absolute atomic E-state index is 0.0609. The van der Waals surface area contributed by atoms with Crippen molar-refractivity contribution in [3.05, 3.63) is 12.3 Å². The van der Waals surface area contributed by atoms with Crippen molar-refractivity contribution in [1.29, 1.82) is 0 Å². The van der Waals surface area contributed by atoms with Gasteiger partial charge in [0, 0.05) is 5.70 Å². The molecule has 1 fully saturated rings. The molecular formula is C12H17NO5. The van der Waals surface area contributed by atoms with Crippen LogP contribution in [-0.2, 0) is 14.4 Å². The highest BCUT2D eigenvalue weighted by atomic mass is 16.4. The number of nitrogens with one attached hydrogen (secondary N) is 1. The number of carbonyl (C=O) groups is 3. The average molecular weight is 255 g/mol.